The number of nitrogens with one attached hydrogen (secondary N) is 2. The number of nitrogens with zero attached hydrogens (tertiary/aromatic N) is 4. The van der Waals surface area contributed by atoms with Gasteiger partial charge in [-0.3, -0.25) is 24.9 Å². The molecule has 3 aliphatic rings. The van der Waals surface area contributed by atoms with Crippen molar-refractivity contribution in [2.45, 2.75) is 54.5 Å². The summed E-state index contributed by atoms with van der Waals surface area (Å²) in [6.07, 6.45) is 9.68. The number of primary amides is 1. The van der Waals surface area contributed by atoms with Crippen molar-refractivity contribution in [1.82, 2.24) is 20.5 Å². The number of carbonyl (C=O) groups excluding carboxylic acids is 1. The molecule has 3 heterocycles. The lowest BCUT2D eigenvalue weighted by molar-refractivity contribution is -0.124. The van der Waals surface area contributed by atoms with Gasteiger partial charge in [0.25, 0.3) is 0 Å². The van der Waals surface area contributed by atoms with Gasteiger partial charge in [0, 0.05) is 48.1 Å². The molecule has 0 spiro atoms. The molecule has 37 heavy (non-hydrogen) atoms. The Balaban J connectivity index is 1.51. The van der Waals surface area contributed by atoms with Gasteiger partial charge in [-0.2, -0.15) is 13.9 Å². The van der Waals surface area contributed by atoms with Crippen molar-refractivity contribution >= 4 is 29.6 Å². The van der Waals surface area contributed by atoms with Gasteiger partial charge >= 0.3 is 6.61 Å². The molecule has 198 valence electrons. The first-order valence-corrected chi connectivity index (χ1v) is 13.2. The summed E-state index contributed by atoms with van der Waals surface area (Å²) in [5, 5.41) is 23.9. The maximum Gasteiger partial charge on any atom is 0.387 e. The molecule has 10 nitrogen and oxygen atoms in total. The summed E-state index contributed by atoms with van der Waals surface area (Å²) < 4.78 is 31.6. The Kier molecular flexibility index (Phi) is 7.10. The summed E-state index contributed by atoms with van der Waals surface area (Å²) in [5.74, 6) is -0.817. The molecule has 1 amide bonds. The van der Waals surface area contributed by atoms with Crippen molar-refractivity contribution in [3.05, 3.63) is 47.9 Å². The minimum atomic E-state index is -3.07. The Morgan fingerprint density at radius 2 is 2.24 bits per heavy atom. The second-order valence-corrected chi connectivity index (χ2v) is 10.2. The number of aromatic nitrogens is 2. The predicted octanol–water partition coefficient (Wildman–Crippen LogP) is 1.77. The number of hydrazine groups is 1. The van der Waals surface area contributed by atoms with Gasteiger partial charge in [0.2, 0.25) is 5.91 Å². The number of amides is 1. The molecule has 13 heteroatoms. The number of hydrogen-bond donors (Lipinski definition) is 4. The van der Waals surface area contributed by atoms with E-state index in [-0.39, 0.29) is 30.0 Å². The van der Waals surface area contributed by atoms with Gasteiger partial charge in [-0.1, -0.05) is 0 Å². The van der Waals surface area contributed by atoms with Crippen LogP contribution in [0.25, 0.3) is 0 Å². The molecule has 0 radical (unpaired) electrons. The van der Waals surface area contributed by atoms with E-state index in [4.69, 9.17) is 10.5 Å². The lowest BCUT2D eigenvalue weighted by atomic mass is 9.77. The quantitative estimate of drug-likeness (QED) is 0.340. The number of carbonyl (C=O) groups is 1. The van der Waals surface area contributed by atoms with Crippen LogP contribution in [0.3, 0.4) is 0 Å². The summed E-state index contributed by atoms with van der Waals surface area (Å²) in [4.78, 5) is 18.6. The largest absolute Gasteiger partial charge is 0.435 e. The van der Waals surface area contributed by atoms with Crippen LogP contribution < -0.4 is 20.8 Å². The molecule has 0 bridgehead atoms. The monoisotopic (exact) mass is 533 g/mol. The fraction of sp³-hybridized carbons (Fsp3) is 0.458. The molecule has 2 fully saturated rings. The Morgan fingerprint density at radius 1 is 1.43 bits per heavy atom. The number of nitrogens with two attached hydrogens (primary N) is 1. The van der Waals surface area contributed by atoms with E-state index >= 15 is 0 Å². The molecule has 1 saturated carbocycles. The Morgan fingerprint density at radius 3 is 2.95 bits per heavy atom. The highest BCUT2D eigenvalue weighted by molar-refractivity contribution is 7.98. The number of hydrogen-bond acceptors (Lipinski definition) is 9. The number of aliphatic imine (C=N–C) groups is 1. The minimum Gasteiger partial charge on any atom is -0.435 e. The molecule has 2 aliphatic heterocycles. The standard InChI is InChI=1S/C24H29F2N7O3S/c1-37-16-3-4-20(36-23(25)26)17(11-16)24(21(27)35)13-33(32-8-2-6-29-22(24)32)19-12-30-31-18(19)5-7-28-14-9-15(34)10-14/h2-4,6,8,11-12,14-15,22-23,28,34H,5,7,9-10,13H2,1H3,(H2,27,35)(H,30,31). The molecule has 5 N–H and O–H groups in total. The molecule has 1 saturated heterocycles. The van der Waals surface area contributed by atoms with Crippen LogP contribution in [0.2, 0.25) is 0 Å². The minimum absolute atomic E-state index is 0.0426. The Hall–Kier alpha value is -3.16. The van der Waals surface area contributed by atoms with Crippen molar-refractivity contribution in [2.24, 2.45) is 10.7 Å². The van der Waals surface area contributed by atoms with E-state index in [0.29, 0.717) is 13.0 Å². The van der Waals surface area contributed by atoms with Crippen molar-refractivity contribution in [3.8, 4) is 5.75 Å². The summed E-state index contributed by atoms with van der Waals surface area (Å²) in [6, 6.07) is 5.07. The van der Waals surface area contributed by atoms with Crippen LogP contribution in [0.4, 0.5) is 14.5 Å². The van der Waals surface area contributed by atoms with Gasteiger partial charge in [-0.25, -0.2) is 0 Å². The average molecular weight is 534 g/mol. The van der Waals surface area contributed by atoms with E-state index in [2.05, 4.69) is 20.5 Å². The Bertz CT molecular complexity index is 1200. The highest BCUT2D eigenvalue weighted by atomic mass is 32.2. The van der Waals surface area contributed by atoms with Crippen LogP contribution >= 0.6 is 11.8 Å². The third-order valence-corrected chi connectivity index (χ3v) is 7.85. The number of alkyl halides is 2. The molecule has 1 aromatic heterocycles. The van der Waals surface area contributed by atoms with E-state index in [9.17, 15) is 18.7 Å². The summed E-state index contributed by atoms with van der Waals surface area (Å²) in [5.41, 5.74) is 6.32. The number of thioether (sulfide) groups is 1. The number of ether oxygens (including phenoxy) is 1. The number of halogens is 2. The second-order valence-electron chi connectivity index (χ2n) is 9.27. The number of aliphatic hydroxyl groups is 1. The fourth-order valence-corrected chi connectivity index (χ4v) is 5.64. The van der Waals surface area contributed by atoms with E-state index in [1.54, 1.807) is 41.8 Å². The molecule has 1 aliphatic carbocycles. The van der Waals surface area contributed by atoms with Crippen LogP contribution in [0.15, 0.2) is 46.6 Å². The SMILES string of the molecule is CSc1ccc(OC(F)F)c(C2(C(N)=O)CN(c3c[nH]nc3CCNC3CC(O)C3)N3C=CC=NC32)c1. The van der Waals surface area contributed by atoms with Gasteiger partial charge in [0.1, 0.15) is 11.2 Å². The van der Waals surface area contributed by atoms with Crippen molar-refractivity contribution < 1.29 is 23.4 Å². The van der Waals surface area contributed by atoms with Gasteiger partial charge in [0.15, 0.2) is 6.17 Å². The number of benzene rings is 1. The molecule has 2 aromatic rings. The smallest absolute Gasteiger partial charge is 0.387 e. The lowest BCUT2D eigenvalue weighted by Crippen LogP contribution is -2.51. The number of H-pyrrole nitrogens is 1. The number of anilines is 1. The van der Waals surface area contributed by atoms with Crippen LogP contribution in [0.1, 0.15) is 24.1 Å². The first kappa shape index (κ1) is 25.5. The second kappa shape index (κ2) is 10.3. The van der Waals surface area contributed by atoms with Gasteiger partial charge in [0.05, 0.1) is 24.0 Å². The number of allylic oxidation sites excluding steroid dienone is 1. The summed E-state index contributed by atoms with van der Waals surface area (Å²) >= 11 is 1.42. The van der Waals surface area contributed by atoms with Gasteiger partial charge < -0.3 is 20.9 Å². The molecule has 2 atom stereocenters. The fourth-order valence-electron chi connectivity index (χ4n) is 5.20. The number of rotatable bonds is 10. The predicted molar refractivity (Wildman–Crippen MR) is 136 cm³/mol. The van der Waals surface area contributed by atoms with Crippen LogP contribution in [-0.2, 0) is 16.6 Å². The number of aromatic amines is 1. The molecule has 5 rings (SSSR count). The van der Waals surface area contributed by atoms with Crippen LogP contribution in [0.5, 0.6) is 5.75 Å². The molecule has 2 unspecified atom stereocenters. The highest BCUT2D eigenvalue weighted by Crippen LogP contribution is 2.47. The van der Waals surface area contributed by atoms with Crippen molar-refractivity contribution in [2.75, 3.05) is 24.4 Å². The zero-order chi connectivity index (χ0) is 26.2. The van der Waals surface area contributed by atoms with Crippen LogP contribution in [0, 0.1) is 0 Å². The normalized spacial score (nSPS) is 26.5. The van der Waals surface area contributed by atoms with Gasteiger partial charge in [-0.05, 0) is 43.4 Å². The van der Waals surface area contributed by atoms with Crippen molar-refractivity contribution in [1.29, 1.82) is 0 Å². The molecular formula is C24H29F2N7O3S. The zero-order valence-electron chi connectivity index (χ0n) is 20.2. The lowest BCUT2D eigenvalue weighted by Gasteiger charge is -2.34. The maximum atomic E-state index is 13.4. The van der Waals surface area contributed by atoms with Crippen molar-refractivity contribution in [3.63, 3.8) is 0 Å². The maximum absolute atomic E-state index is 13.4. The number of aliphatic hydroxyl groups excluding tert-OH is 1. The summed E-state index contributed by atoms with van der Waals surface area (Å²) in [6.45, 7) is -2.37. The Labute approximate surface area is 216 Å². The van der Waals surface area contributed by atoms with Crippen LogP contribution in [-0.4, -0.2) is 76.7 Å². The van der Waals surface area contributed by atoms with Gasteiger partial charge in [-0.15, -0.1) is 11.8 Å². The first-order chi connectivity index (χ1) is 17.8. The van der Waals surface area contributed by atoms with E-state index in [1.807, 2.05) is 11.3 Å². The average Bonchev–Trinajstić information content (AvgIpc) is 3.46. The third-order valence-electron chi connectivity index (χ3n) is 7.13. The molecular weight excluding hydrogens is 504 g/mol. The topological polar surface area (TPSA) is 132 Å². The van der Waals surface area contributed by atoms with E-state index in [0.717, 1.165) is 29.1 Å². The van der Waals surface area contributed by atoms with E-state index < -0.39 is 24.1 Å². The summed E-state index contributed by atoms with van der Waals surface area (Å²) in [7, 11) is 0. The zero-order valence-corrected chi connectivity index (χ0v) is 21.0. The first-order valence-electron chi connectivity index (χ1n) is 12.0. The highest BCUT2D eigenvalue weighted by Gasteiger charge is 2.58. The third kappa shape index (κ3) is 4.66. The molecule has 1 aromatic carbocycles. The van der Waals surface area contributed by atoms with E-state index in [1.165, 1.54) is 17.8 Å². The number of fused-ring (bicyclic) bond motifs is 1.